The topological polar surface area (TPSA) is 0 Å². The zero-order valence-corrected chi connectivity index (χ0v) is 25.3. The monoisotopic (exact) mass is 582 g/mol. The molecule has 0 unspecified atom stereocenters. The van der Waals surface area contributed by atoms with Crippen LogP contribution in [0.25, 0.3) is 87.6 Å². The fourth-order valence-electron chi connectivity index (χ4n) is 7.43. The van der Waals surface area contributed by atoms with E-state index in [-0.39, 0.29) is 0 Å². The highest BCUT2D eigenvalue weighted by atomic mass is 14.2. The van der Waals surface area contributed by atoms with Crippen molar-refractivity contribution in [1.82, 2.24) is 0 Å². The Morgan fingerprint density at radius 1 is 0.217 bits per heavy atom. The molecule has 0 heteroatoms. The van der Waals surface area contributed by atoms with Crippen LogP contribution in [0.3, 0.4) is 0 Å². The third-order valence-corrected chi connectivity index (χ3v) is 9.46. The average Bonchev–Trinajstić information content (AvgIpc) is 3.14. The lowest BCUT2D eigenvalue weighted by atomic mass is 9.83. The van der Waals surface area contributed by atoms with Gasteiger partial charge in [-0.3, -0.25) is 0 Å². The molecule has 0 saturated carbocycles. The van der Waals surface area contributed by atoms with Crippen LogP contribution in [0.5, 0.6) is 0 Å². The average molecular weight is 583 g/mol. The van der Waals surface area contributed by atoms with Gasteiger partial charge in [0.1, 0.15) is 0 Å². The molecular weight excluding hydrogens is 553 g/mol. The van der Waals surface area contributed by atoms with E-state index >= 15 is 0 Å². The van der Waals surface area contributed by atoms with Gasteiger partial charge in [0.05, 0.1) is 0 Å². The van der Waals surface area contributed by atoms with E-state index < -0.39 is 0 Å². The second-order valence-corrected chi connectivity index (χ2v) is 12.0. The van der Waals surface area contributed by atoms with Crippen LogP contribution in [-0.2, 0) is 0 Å². The smallest absolute Gasteiger partial charge is 0.00201 e. The van der Waals surface area contributed by atoms with Gasteiger partial charge in [-0.2, -0.15) is 0 Å². The van der Waals surface area contributed by atoms with Gasteiger partial charge in [-0.15, -0.1) is 0 Å². The number of fused-ring (bicyclic) bond motifs is 5. The Morgan fingerprint density at radius 2 is 0.696 bits per heavy atom. The summed E-state index contributed by atoms with van der Waals surface area (Å²) in [5.41, 5.74) is 10.00. The first kappa shape index (κ1) is 26.4. The van der Waals surface area contributed by atoms with Gasteiger partial charge < -0.3 is 0 Å². The van der Waals surface area contributed by atoms with E-state index in [1.807, 2.05) is 0 Å². The van der Waals surface area contributed by atoms with Crippen molar-refractivity contribution >= 4 is 43.1 Å². The van der Waals surface area contributed by atoms with E-state index in [1.165, 1.54) is 87.6 Å². The summed E-state index contributed by atoms with van der Waals surface area (Å²) in [5.74, 6) is 0. The van der Waals surface area contributed by atoms with Crippen LogP contribution in [0.2, 0.25) is 0 Å². The lowest BCUT2D eigenvalue weighted by Gasteiger charge is -2.19. The molecule has 0 heterocycles. The largest absolute Gasteiger partial charge is 0.0622 e. The minimum absolute atomic E-state index is 1.22. The summed E-state index contributed by atoms with van der Waals surface area (Å²) in [4.78, 5) is 0. The zero-order valence-electron chi connectivity index (χ0n) is 25.3. The van der Waals surface area contributed by atoms with Crippen molar-refractivity contribution in [3.05, 3.63) is 182 Å². The minimum Gasteiger partial charge on any atom is -0.0622 e. The molecule has 9 aromatic rings. The summed E-state index contributed by atoms with van der Waals surface area (Å²) in [6, 6.07) is 66.5. The molecule has 0 spiro atoms. The molecule has 0 radical (unpaired) electrons. The quantitative estimate of drug-likeness (QED) is 0.143. The first-order valence-electron chi connectivity index (χ1n) is 15.9. The van der Waals surface area contributed by atoms with Gasteiger partial charge in [-0.1, -0.05) is 176 Å². The molecule has 0 aliphatic heterocycles. The lowest BCUT2D eigenvalue weighted by molar-refractivity contribution is 1.58. The van der Waals surface area contributed by atoms with Crippen LogP contribution in [0.4, 0.5) is 0 Å². The Kier molecular flexibility index (Phi) is 6.25. The third kappa shape index (κ3) is 4.23. The molecular formula is C46H30. The van der Waals surface area contributed by atoms with E-state index in [1.54, 1.807) is 0 Å². The van der Waals surface area contributed by atoms with E-state index in [4.69, 9.17) is 0 Å². The third-order valence-electron chi connectivity index (χ3n) is 9.46. The molecule has 0 aliphatic carbocycles. The maximum atomic E-state index is 2.37. The Morgan fingerprint density at radius 3 is 1.41 bits per heavy atom. The minimum atomic E-state index is 1.22. The van der Waals surface area contributed by atoms with Gasteiger partial charge >= 0.3 is 0 Å². The molecule has 214 valence electrons. The van der Waals surface area contributed by atoms with Gasteiger partial charge in [0, 0.05) is 0 Å². The normalized spacial score (nSPS) is 11.5. The molecule has 9 rings (SSSR count). The predicted molar refractivity (Wildman–Crippen MR) is 198 cm³/mol. The standard InChI is InChI=1S/C46H30/c1-2-14-31(15-3-1)35-19-6-7-21-37(35)33-17-12-18-34(30-33)45-41-22-8-10-24-43(41)46(44-25-11-9-23-42(44)45)40-27-13-26-38-36-20-5-4-16-32(36)28-29-39(38)40/h1-30H. The van der Waals surface area contributed by atoms with Crippen LogP contribution in [0, 0.1) is 0 Å². The highest BCUT2D eigenvalue weighted by molar-refractivity contribution is 6.24. The second-order valence-electron chi connectivity index (χ2n) is 12.0. The lowest BCUT2D eigenvalue weighted by Crippen LogP contribution is -1.92. The van der Waals surface area contributed by atoms with Crippen molar-refractivity contribution in [2.45, 2.75) is 0 Å². The van der Waals surface area contributed by atoms with Crippen LogP contribution in [-0.4, -0.2) is 0 Å². The number of hydrogen-bond donors (Lipinski definition) is 0. The van der Waals surface area contributed by atoms with Crippen molar-refractivity contribution in [2.75, 3.05) is 0 Å². The zero-order chi connectivity index (χ0) is 30.5. The maximum absolute atomic E-state index is 2.37. The fourth-order valence-corrected chi connectivity index (χ4v) is 7.43. The van der Waals surface area contributed by atoms with Gasteiger partial charge in [-0.05, 0) is 93.7 Å². The van der Waals surface area contributed by atoms with Crippen molar-refractivity contribution in [3.63, 3.8) is 0 Å². The summed E-state index contributed by atoms with van der Waals surface area (Å²) >= 11 is 0. The fraction of sp³-hybridized carbons (Fsp3) is 0. The molecule has 0 bridgehead atoms. The number of hydrogen-bond acceptors (Lipinski definition) is 0. The number of rotatable bonds is 4. The molecule has 9 aromatic carbocycles. The van der Waals surface area contributed by atoms with Crippen molar-refractivity contribution in [3.8, 4) is 44.5 Å². The van der Waals surface area contributed by atoms with E-state index in [2.05, 4.69) is 182 Å². The summed E-state index contributed by atoms with van der Waals surface area (Å²) < 4.78 is 0. The Bertz CT molecular complexity index is 2520. The Hall–Kier alpha value is -5.98. The van der Waals surface area contributed by atoms with Crippen molar-refractivity contribution < 1.29 is 0 Å². The molecule has 0 atom stereocenters. The van der Waals surface area contributed by atoms with Crippen LogP contribution in [0.1, 0.15) is 0 Å². The Labute approximate surface area is 268 Å². The molecule has 0 aromatic heterocycles. The van der Waals surface area contributed by atoms with Gasteiger partial charge in [0.25, 0.3) is 0 Å². The van der Waals surface area contributed by atoms with Crippen LogP contribution in [0.15, 0.2) is 182 Å². The summed E-state index contributed by atoms with van der Waals surface area (Å²) in [5, 5.41) is 10.2. The summed E-state index contributed by atoms with van der Waals surface area (Å²) in [6.45, 7) is 0. The van der Waals surface area contributed by atoms with Gasteiger partial charge in [0.2, 0.25) is 0 Å². The van der Waals surface area contributed by atoms with Crippen LogP contribution < -0.4 is 0 Å². The van der Waals surface area contributed by atoms with Crippen molar-refractivity contribution in [2.24, 2.45) is 0 Å². The van der Waals surface area contributed by atoms with Crippen molar-refractivity contribution in [1.29, 1.82) is 0 Å². The highest BCUT2D eigenvalue weighted by Crippen LogP contribution is 2.46. The molecule has 46 heavy (non-hydrogen) atoms. The molecule has 0 saturated heterocycles. The van der Waals surface area contributed by atoms with E-state index in [0.717, 1.165) is 0 Å². The summed E-state index contributed by atoms with van der Waals surface area (Å²) in [6.07, 6.45) is 0. The highest BCUT2D eigenvalue weighted by Gasteiger charge is 2.19. The second kappa shape index (κ2) is 10.9. The van der Waals surface area contributed by atoms with E-state index in [9.17, 15) is 0 Å². The first-order chi connectivity index (χ1) is 22.8. The molecule has 0 fully saturated rings. The van der Waals surface area contributed by atoms with Crippen LogP contribution >= 0.6 is 0 Å². The SMILES string of the molecule is c1ccc(-c2ccccc2-c2cccc(-c3c4ccccc4c(-c4cccc5c4ccc4ccccc45)c4ccccc34)c2)cc1. The molecule has 0 N–H and O–H groups in total. The number of benzene rings is 9. The molecule has 0 nitrogen and oxygen atoms in total. The predicted octanol–water partition coefficient (Wildman–Crippen LogP) is 13.0. The molecule has 0 amide bonds. The van der Waals surface area contributed by atoms with Gasteiger partial charge in [0.15, 0.2) is 0 Å². The maximum Gasteiger partial charge on any atom is -0.00201 e. The van der Waals surface area contributed by atoms with E-state index in [0.29, 0.717) is 0 Å². The van der Waals surface area contributed by atoms with Gasteiger partial charge in [-0.25, -0.2) is 0 Å². The molecule has 0 aliphatic rings. The summed E-state index contributed by atoms with van der Waals surface area (Å²) in [7, 11) is 0. The first-order valence-corrected chi connectivity index (χ1v) is 15.9. The Balaban J connectivity index is 1.32.